The molecule has 3 rings (SSSR count). The van der Waals surface area contributed by atoms with Crippen LogP contribution in [-0.2, 0) is 9.59 Å². The maximum absolute atomic E-state index is 12.0. The summed E-state index contributed by atoms with van der Waals surface area (Å²) in [6, 6.07) is 8.46. The number of anilines is 2. The van der Waals surface area contributed by atoms with E-state index in [1.165, 1.54) is 16.4 Å². The number of nitrogens with zero attached hydrogens (tertiary/aromatic N) is 3. The summed E-state index contributed by atoms with van der Waals surface area (Å²) in [4.78, 5) is 28.1. The van der Waals surface area contributed by atoms with Crippen LogP contribution >= 0.6 is 11.8 Å². The molecule has 1 aromatic heterocycles. The van der Waals surface area contributed by atoms with Gasteiger partial charge in [-0.15, -0.1) is 5.10 Å². The molecular weight excluding hydrogens is 290 g/mol. The number of nitrogens with one attached hydrogen (secondary N) is 2. The number of para-hydroxylation sites is 1. The van der Waals surface area contributed by atoms with E-state index in [2.05, 4.69) is 20.7 Å². The first kappa shape index (κ1) is 13.6. The fraction of sp³-hybridized carbons (Fsp3) is 0.231. The summed E-state index contributed by atoms with van der Waals surface area (Å²) in [7, 11) is 0. The zero-order chi connectivity index (χ0) is 14.8. The minimum atomic E-state index is -0.655. The summed E-state index contributed by atoms with van der Waals surface area (Å²) in [5.41, 5.74) is 0.699. The van der Waals surface area contributed by atoms with Crippen molar-refractivity contribution in [2.24, 2.45) is 0 Å². The Kier molecular flexibility index (Phi) is 3.61. The summed E-state index contributed by atoms with van der Waals surface area (Å²) in [6.07, 6.45) is 1.87. The number of carbonyl (C=O) groups is 2. The molecule has 0 saturated heterocycles. The van der Waals surface area contributed by atoms with Crippen molar-refractivity contribution in [2.75, 3.05) is 16.9 Å². The molecule has 0 fully saturated rings. The van der Waals surface area contributed by atoms with Gasteiger partial charge in [0.1, 0.15) is 6.04 Å². The van der Waals surface area contributed by atoms with E-state index >= 15 is 0 Å². The average molecular weight is 303 g/mol. The molecule has 2 aromatic rings. The minimum absolute atomic E-state index is 0.0188. The van der Waals surface area contributed by atoms with Gasteiger partial charge in [-0.3, -0.25) is 14.9 Å². The predicted molar refractivity (Wildman–Crippen MR) is 79.2 cm³/mol. The van der Waals surface area contributed by atoms with Crippen molar-refractivity contribution in [1.29, 1.82) is 0 Å². The predicted octanol–water partition coefficient (Wildman–Crippen LogP) is 1.52. The van der Waals surface area contributed by atoms with Gasteiger partial charge in [-0.1, -0.05) is 30.0 Å². The van der Waals surface area contributed by atoms with E-state index in [4.69, 9.17) is 0 Å². The highest BCUT2D eigenvalue weighted by molar-refractivity contribution is 7.98. The Morgan fingerprint density at radius 1 is 1.43 bits per heavy atom. The van der Waals surface area contributed by atoms with Crippen molar-refractivity contribution >= 4 is 35.2 Å². The van der Waals surface area contributed by atoms with E-state index in [9.17, 15) is 9.59 Å². The number of rotatable bonds is 4. The van der Waals surface area contributed by atoms with E-state index in [0.717, 1.165) is 0 Å². The van der Waals surface area contributed by atoms with Crippen LogP contribution in [0.2, 0.25) is 0 Å². The molecule has 2 heterocycles. The highest BCUT2D eigenvalue weighted by atomic mass is 32.2. The van der Waals surface area contributed by atoms with Crippen LogP contribution in [0.3, 0.4) is 0 Å². The molecule has 21 heavy (non-hydrogen) atoms. The van der Waals surface area contributed by atoms with Gasteiger partial charge in [-0.05, 0) is 18.4 Å². The van der Waals surface area contributed by atoms with Gasteiger partial charge in [0.25, 0.3) is 5.91 Å². The van der Waals surface area contributed by atoms with E-state index in [-0.39, 0.29) is 18.2 Å². The van der Waals surface area contributed by atoms with Crippen molar-refractivity contribution in [2.45, 2.75) is 17.6 Å². The lowest BCUT2D eigenvalue weighted by atomic mass is 10.2. The number of hydrogen-bond acceptors (Lipinski definition) is 5. The maximum atomic E-state index is 12.0. The van der Waals surface area contributed by atoms with Crippen molar-refractivity contribution < 1.29 is 9.59 Å². The Morgan fingerprint density at radius 3 is 2.90 bits per heavy atom. The van der Waals surface area contributed by atoms with Crippen molar-refractivity contribution in [1.82, 2.24) is 14.8 Å². The number of aromatic nitrogens is 3. The van der Waals surface area contributed by atoms with E-state index in [0.29, 0.717) is 16.8 Å². The third-order valence-corrected chi connectivity index (χ3v) is 3.60. The van der Waals surface area contributed by atoms with Crippen LogP contribution in [0.15, 0.2) is 35.5 Å². The molecule has 1 aliphatic heterocycles. The largest absolute Gasteiger partial charge is 0.326 e. The standard InChI is InChI=1S/C13H13N5O2S/c1-21-13-16-12-15-11(20)9(18(12)17-13)7-10(19)14-8-5-3-2-4-6-8/h2-6,9H,7H2,1H3,(H,14,19)(H,15,16,17,20)/t9-/m1/s1. The molecule has 7 nitrogen and oxygen atoms in total. The molecule has 0 unspecified atom stereocenters. The average Bonchev–Trinajstić information content (AvgIpc) is 2.99. The maximum Gasteiger partial charge on any atom is 0.252 e. The summed E-state index contributed by atoms with van der Waals surface area (Å²) < 4.78 is 1.47. The summed E-state index contributed by atoms with van der Waals surface area (Å²) in [5.74, 6) is -0.113. The van der Waals surface area contributed by atoms with Gasteiger partial charge in [-0.25, -0.2) is 4.68 Å². The number of hydrogen-bond donors (Lipinski definition) is 2. The molecule has 1 atom stereocenters. The molecule has 0 radical (unpaired) electrons. The van der Waals surface area contributed by atoms with Crippen LogP contribution in [0.25, 0.3) is 0 Å². The molecule has 0 spiro atoms. The number of thioether (sulfide) groups is 1. The molecular formula is C13H13N5O2S. The van der Waals surface area contributed by atoms with Crippen LogP contribution in [0.5, 0.6) is 0 Å². The fourth-order valence-corrected chi connectivity index (χ4v) is 2.43. The number of benzene rings is 1. The number of carbonyl (C=O) groups excluding carboxylic acids is 2. The third-order valence-electron chi connectivity index (χ3n) is 3.06. The SMILES string of the molecule is CSc1nc2n(n1)[C@H](CC(=O)Nc1ccccc1)C(=O)N2. The van der Waals surface area contributed by atoms with Gasteiger partial charge in [0.2, 0.25) is 17.0 Å². The Bertz CT molecular complexity index is 685. The van der Waals surface area contributed by atoms with Gasteiger partial charge < -0.3 is 5.32 Å². The molecule has 2 amide bonds. The molecule has 0 saturated carbocycles. The van der Waals surface area contributed by atoms with E-state index < -0.39 is 6.04 Å². The van der Waals surface area contributed by atoms with Gasteiger partial charge in [0.05, 0.1) is 6.42 Å². The first-order valence-electron chi connectivity index (χ1n) is 6.33. The Hall–Kier alpha value is -2.35. The lowest BCUT2D eigenvalue weighted by molar-refractivity contribution is -0.123. The van der Waals surface area contributed by atoms with Crippen LogP contribution in [0.4, 0.5) is 11.6 Å². The minimum Gasteiger partial charge on any atom is -0.326 e. The second kappa shape index (κ2) is 5.57. The van der Waals surface area contributed by atoms with Crippen LogP contribution in [-0.4, -0.2) is 32.8 Å². The Balaban J connectivity index is 1.71. The van der Waals surface area contributed by atoms with Crippen molar-refractivity contribution in [3.63, 3.8) is 0 Å². The monoisotopic (exact) mass is 303 g/mol. The van der Waals surface area contributed by atoms with Crippen molar-refractivity contribution in [3.05, 3.63) is 30.3 Å². The number of amides is 2. The van der Waals surface area contributed by atoms with Crippen LogP contribution < -0.4 is 10.6 Å². The van der Waals surface area contributed by atoms with Crippen LogP contribution in [0, 0.1) is 0 Å². The fourth-order valence-electron chi connectivity index (χ4n) is 2.09. The molecule has 1 aromatic carbocycles. The first-order chi connectivity index (χ1) is 10.2. The molecule has 0 bridgehead atoms. The summed E-state index contributed by atoms with van der Waals surface area (Å²) >= 11 is 1.38. The highest BCUT2D eigenvalue weighted by Crippen LogP contribution is 2.27. The Morgan fingerprint density at radius 2 is 2.19 bits per heavy atom. The van der Waals surface area contributed by atoms with Gasteiger partial charge in [0.15, 0.2) is 0 Å². The molecule has 108 valence electrons. The zero-order valence-corrected chi connectivity index (χ0v) is 12.1. The lowest BCUT2D eigenvalue weighted by Crippen LogP contribution is -2.23. The van der Waals surface area contributed by atoms with Gasteiger partial charge >= 0.3 is 0 Å². The molecule has 0 aliphatic carbocycles. The lowest BCUT2D eigenvalue weighted by Gasteiger charge is -2.09. The molecule has 1 aliphatic rings. The van der Waals surface area contributed by atoms with Gasteiger partial charge in [-0.2, -0.15) is 4.98 Å². The third kappa shape index (κ3) is 2.75. The summed E-state index contributed by atoms with van der Waals surface area (Å²) in [6.45, 7) is 0. The normalized spacial score (nSPS) is 16.4. The van der Waals surface area contributed by atoms with Crippen LogP contribution in [0.1, 0.15) is 12.5 Å². The van der Waals surface area contributed by atoms with Crippen molar-refractivity contribution in [3.8, 4) is 0 Å². The molecule has 8 heteroatoms. The van der Waals surface area contributed by atoms with E-state index in [1.54, 1.807) is 12.1 Å². The first-order valence-corrected chi connectivity index (χ1v) is 7.56. The zero-order valence-electron chi connectivity index (χ0n) is 11.2. The van der Waals surface area contributed by atoms with Gasteiger partial charge in [0, 0.05) is 5.69 Å². The highest BCUT2D eigenvalue weighted by Gasteiger charge is 2.34. The number of fused-ring (bicyclic) bond motifs is 1. The Labute approximate surface area is 125 Å². The quantitative estimate of drug-likeness (QED) is 0.836. The second-order valence-corrected chi connectivity index (χ2v) is 5.26. The summed E-state index contributed by atoms with van der Waals surface area (Å²) in [5, 5.41) is 10.2. The molecule has 2 N–H and O–H groups in total. The van der Waals surface area contributed by atoms with E-state index in [1.807, 2.05) is 24.5 Å². The smallest absolute Gasteiger partial charge is 0.252 e. The second-order valence-electron chi connectivity index (χ2n) is 4.49. The topological polar surface area (TPSA) is 88.9 Å².